The highest BCUT2D eigenvalue weighted by atomic mass is 32.1. The molecule has 2 aromatic rings. The molecule has 0 spiro atoms. The zero-order valence-corrected chi connectivity index (χ0v) is 14.0. The van der Waals surface area contributed by atoms with Crippen LogP contribution in [0.1, 0.15) is 58.0 Å². The van der Waals surface area contributed by atoms with E-state index in [1.165, 1.54) is 47.4 Å². The second kappa shape index (κ2) is 6.42. The molecule has 20 heavy (non-hydrogen) atoms. The topological polar surface area (TPSA) is 12.0 Å². The van der Waals surface area contributed by atoms with E-state index in [1.54, 1.807) is 10.4 Å². The first-order valence-corrected chi connectivity index (χ1v) is 9.38. The molecule has 0 saturated heterocycles. The Morgan fingerprint density at radius 1 is 1.25 bits per heavy atom. The normalized spacial score (nSPS) is 16.7. The van der Waals surface area contributed by atoms with Crippen LogP contribution in [0.2, 0.25) is 0 Å². The number of hydrogen-bond donors (Lipinski definition) is 1. The van der Waals surface area contributed by atoms with Gasteiger partial charge in [0.05, 0.1) is 6.04 Å². The average molecular weight is 306 g/mol. The Morgan fingerprint density at radius 3 is 2.85 bits per heavy atom. The van der Waals surface area contributed by atoms with Gasteiger partial charge in [-0.05, 0) is 67.8 Å². The van der Waals surface area contributed by atoms with Crippen LogP contribution in [-0.2, 0) is 12.8 Å². The van der Waals surface area contributed by atoms with E-state index in [9.17, 15) is 0 Å². The lowest BCUT2D eigenvalue weighted by atomic mass is 10.1. The molecule has 1 nitrogen and oxygen atoms in total. The summed E-state index contributed by atoms with van der Waals surface area (Å²) in [6.45, 7) is 5.45. The Hall–Kier alpha value is -0.640. The predicted molar refractivity (Wildman–Crippen MR) is 90.2 cm³/mol. The van der Waals surface area contributed by atoms with Crippen molar-refractivity contribution in [3.63, 3.8) is 0 Å². The van der Waals surface area contributed by atoms with Crippen molar-refractivity contribution in [2.45, 2.75) is 52.0 Å². The van der Waals surface area contributed by atoms with Gasteiger partial charge >= 0.3 is 0 Å². The van der Waals surface area contributed by atoms with Gasteiger partial charge in [0.1, 0.15) is 0 Å². The number of aryl methyl sites for hydroxylation is 3. The van der Waals surface area contributed by atoms with E-state index in [1.807, 2.05) is 22.7 Å². The van der Waals surface area contributed by atoms with Gasteiger partial charge in [-0.3, -0.25) is 0 Å². The molecular weight excluding hydrogens is 282 g/mol. The van der Waals surface area contributed by atoms with Crippen molar-refractivity contribution >= 4 is 22.7 Å². The summed E-state index contributed by atoms with van der Waals surface area (Å²) in [7, 11) is 0. The molecule has 1 aliphatic carbocycles. The minimum absolute atomic E-state index is 0.400. The fraction of sp³-hybridized carbons (Fsp3) is 0.529. The lowest BCUT2D eigenvalue weighted by molar-refractivity contribution is 0.645. The first kappa shape index (κ1) is 14.3. The summed E-state index contributed by atoms with van der Waals surface area (Å²) >= 11 is 3.93. The van der Waals surface area contributed by atoms with Crippen LogP contribution in [0.3, 0.4) is 0 Å². The minimum Gasteiger partial charge on any atom is -0.305 e. The van der Waals surface area contributed by atoms with Gasteiger partial charge in [-0.25, -0.2) is 0 Å². The quantitative estimate of drug-likeness (QED) is 0.776. The van der Waals surface area contributed by atoms with E-state index in [0.29, 0.717) is 6.04 Å². The first-order valence-electron chi connectivity index (χ1n) is 7.68. The Balaban J connectivity index is 1.94. The van der Waals surface area contributed by atoms with Crippen LogP contribution in [0.15, 0.2) is 17.5 Å². The molecule has 0 fully saturated rings. The van der Waals surface area contributed by atoms with Gasteiger partial charge in [-0.2, -0.15) is 0 Å². The fourth-order valence-electron chi connectivity index (χ4n) is 3.04. The standard InChI is InChI=1S/C17H23NS2/c1-3-18-16(17-12(2)9-10-19-17)15-11-13-7-5-4-6-8-14(13)20-15/h9-11,16,18H,3-8H2,1-2H3. The van der Waals surface area contributed by atoms with Crippen LogP contribution in [0.4, 0.5) is 0 Å². The van der Waals surface area contributed by atoms with Crippen molar-refractivity contribution < 1.29 is 0 Å². The van der Waals surface area contributed by atoms with Crippen LogP contribution < -0.4 is 5.32 Å². The highest BCUT2D eigenvalue weighted by molar-refractivity contribution is 7.13. The number of nitrogens with one attached hydrogen (secondary N) is 1. The average Bonchev–Trinajstić information content (AvgIpc) is 2.97. The van der Waals surface area contributed by atoms with Crippen molar-refractivity contribution in [1.82, 2.24) is 5.32 Å². The summed E-state index contributed by atoms with van der Waals surface area (Å²) in [6.07, 6.45) is 6.72. The van der Waals surface area contributed by atoms with Crippen molar-refractivity contribution in [1.29, 1.82) is 0 Å². The van der Waals surface area contributed by atoms with Crippen LogP contribution in [0.25, 0.3) is 0 Å². The smallest absolute Gasteiger partial charge is 0.0767 e. The third kappa shape index (κ3) is 2.85. The molecule has 3 heteroatoms. The van der Waals surface area contributed by atoms with Gasteiger partial charge in [0.25, 0.3) is 0 Å². The van der Waals surface area contributed by atoms with E-state index < -0.39 is 0 Å². The van der Waals surface area contributed by atoms with Gasteiger partial charge in [0.2, 0.25) is 0 Å². The maximum absolute atomic E-state index is 3.69. The van der Waals surface area contributed by atoms with Crippen LogP contribution in [-0.4, -0.2) is 6.54 Å². The summed E-state index contributed by atoms with van der Waals surface area (Å²) in [5.74, 6) is 0. The molecule has 1 unspecified atom stereocenters. The van der Waals surface area contributed by atoms with Crippen molar-refractivity contribution in [3.05, 3.63) is 43.3 Å². The molecule has 1 atom stereocenters. The molecule has 0 aromatic carbocycles. The van der Waals surface area contributed by atoms with Gasteiger partial charge in [-0.15, -0.1) is 22.7 Å². The Kier molecular flexibility index (Phi) is 4.59. The molecular formula is C17H23NS2. The van der Waals surface area contributed by atoms with Crippen LogP contribution in [0.5, 0.6) is 0 Å². The SMILES string of the molecule is CCNC(c1cc2c(s1)CCCCC2)c1sccc1C. The highest BCUT2D eigenvalue weighted by Crippen LogP contribution is 2.37. The zero-order chi connectivity index (χ0) is 13.9. The summed E-state index contributed by atoms with van der Waals surface area (Å²) in [5, 5.41) is 5.90. The van der Waals surface area contributed by atoms with Gasteiger partial charge in [0, 0.05) is 14.6 Å². The van der Waals surface area contributed by atoms with E-state index in [0.717, 1.165) is 6.54 Å². The molecule has 108 valence electrons. The maximum atomic E-state index is 3.69. The maximum Gasteiger partial charge on any atom is 0.0767 e. The lowest BCUT2D eigenvalue weighted by Crippen LogP contribution is -2.20. The molecule has 0 amide bonds. The number of thiophene rings is 2. The van der Waals surface area contributed by atoms with Crippen LogP contribution in [0, 0.1) is 6.92 Å². The predicted octanol–water partition coefficient (Wildman–Crippen LogP) is 5.09. The van der Waals surface area contributed by atoms with Crippen molar-refractivity contribution in [2.75, 3.05) is 6.54 Å². The monoisotopic (exact) mass is 305 g/mol. The number of rotatable bonds is 4. The Bertz CT molecular complexity index is 544. The van der Waals surface area contributed by atoms with E-state index >= 15 is 0 Å². The highest BCUT2D eigenvalue weighted by Gasteiger charge is 2.21. The third-order valence-electron chi connectivity index (χ3n) is 4.12. The van der Waals surface area contributed by atoms with Crippen LogP contribution >= 0.6 is 22.7 Å². The lowest BCUT2D eigenvalue weighted by Gasteiger charge is -2.16. The number of hydrogen-bond acceptors (Lipinski definition) is 3. The molecule has 1 N–H and O–H groups in total. The molecule has 3 rings (SSSR count). The molecule has 2 aromatic heterocycles. The van der Waals surface area contributed by atoms with E-state index in [4.69, 9.17) is 0 Å². The molecule has 2 heterocycles. The van der Waals surface area contributed by atoms with E-state index in [2.05, 4.69) is 36.7 Å². The second-order valence-electron chi connectivity index (χ2n) is 5.62. The molecule has 0 aliphatic heterocycles. The second-order valence-corrected chi connectivity index (χ2v) is 7.73. The molecule has 0 radical (unpaired) electrons. The third-order valence-corrected chi connectivity index (χ3v) is 6.51. The zero-order valence-electron chi connectivity index (χ0n) is 12.4. The summed E-state index contributed by atoms with van der Waals surface area (Å²) in [6, 6.07) is 5.12. The van der Waals surface area contributed by atoms with Crippen molar-refractivity contribution in [2.24, 2.45) is 0 Å². The first-order chi connectivity index (χ1) is 9.79. The largest absolute Gasteiger partial charge is 0.305 e. The summed E-state index contributed by atoms with van der Waals surface area (Å²) in [5.41, 5.74) is 3.05. The van der Waals surface area contributed by atoms with Gasteiger partial charge < -0.3 is 5.32 Å². The van der Waals surface area contributed by atoms with E-state index in [-0.39, 0.29) is 0 Å². The number of fused-ring (bicyclic) bond motifs is 1. The van der Waals surface area contributed by atoms with Gasteiger partial charge in [-0.1, -0.05) is 13.3 Å². The molecule has 0 bridgehead atoms. The van der Waals surface area contributed by atoms with Crippen molar-refractivity contribution in [3.8, 4) is 0 Å². The molecule has 0 saturated carbocycles. The minimum atomic E-state index is 0.400. The van der Waals surface area contributed by atoms with Gasteiger partial charge in [0.15, 0.2) is 0 Å². The fourth-order valence-corrected chi connectivity index (χ4v) is 5.48. The Morgan fingerprint density at radius 2 is 2.10 bits per heavy atom. The summed E-state index contributed by atoms with van der Waals surface area (Å²) < 4.78 is 0. The molecule has 1 aliphatic rings. The summed E-state index contributed by atoms with van der Waals surface area (Å²) in [4.78, 5) is 4.65. The Labute approximate surface area is 130 Å².